The molecule has 0 saturated carbocycles. The molecule has 1 aromatic carbocycles. The molecule has 0 aromatic heterocycles. The molecule has 2 rings (SSSR count). The Morgan fingerprint density at radius 2 is 1.81 bits per heavy atom. The lowest BCUT2D eigenvalue weighted by Crippen LogP contribution is -2.41. The van der Waals surface area contributed by atoms with E-state index in [1.54, 1.807) is 6.07 Å². The van der Waals surface area contributed by atoms with Gasteiger partial charge >= 0.3 is 13.1 Å². The van der Waals surface area contributed by atoms with Crippen LogP contribution in [0.5, 0.6) is 0 Å². The highest BCUT2D eigenvalue weighted by molar-refractivity contribution is 6.45. The Hall–Kier alpha value is -1.40. The van der Waals surface area contributed by atoms with E-state index in [1.807, 2.05) is 27.7 Å². The van der Waals surface area contributed by atoms with Crippen LogP contribution in [0.3, 0.4) is 0 Å². The second-order valence-corrected chi connectivity index (χ2v) is 6.18. The van der Waals surface area contributed by atoms with Crippen LogP contribution in [0.25, 0.3) is 0 Å². The van der Waals surface area contributed by atoms with Crippen LogP contribution in [0.15, 0.2) is 18.2 Å². The number of carbonyl (C=O) groups is 1. The Morgan fingerprint density at radius 3 is 2.33 bits per heavy atom. The predicted molar refractivity (Wildman–Crippen MR) is 77.5 cm³/mol. The molecule has 0 bridgehead atoms. The molecular formula is C15H20BFO4. The molecule has 0 spiro atoms. The van der Waals surface area contributed by atoms with E-state index in [-0.39, 0.29) is 5.56 Å². The first-order valence-corrected chi connectivity index (χ1v) is 6.88. The number of esters is 1. The standard InChI is InChI=1S/C15H20BFO4/c1-14(2)15(3,4)21-16(20-14)9-10-6-7-11(17)8-12(10)13(18)19-5/h6-8H,9H2,1-5H3. The first-order chi connectivity index (χ1) is 9.66. The lowest BCUT2D eigenvalue weighted by Gasteiger charge is -2.32. The lowest BCUT2D eigenvalue weighted by atomic mass is 9.79. The summed E-state index contributed by atoms with van der Waals surface area (Å²) in [5, 5.41) is 0. The smallest absolute Gasteiger partial charge is 0.462 e. The van der Waals surface area contributed by atoms with E-state index < -0.39 is 30.1 Å². The highest BCUT2D eigenvalue weighted by Gasteiger charge is 2.50. The fourth-order valence-corrected chi connectivity index (χ4v) is 2.25. The molecule has 1 heterocycles. The van der Waals surface area contributed by atoms with Gasteiger partial charge in [0.2, 0.25) is 0 Å². The van der Waals surface area contributed by atoms with Crippen LogP contribution < -0.4 is 0 Å². The fraction of sp³-hybridized carbons (Fsp3) is 0.533. The van der Waals surface area contributed by atoms with Gasteiger partial charge in [-0.3, -0.25) is 0 Å². The van der Waals surface area contributed by atoms with Crippen LogP contribution in [0.4, 0.5) is 4.39 Å². The third-order valence-corrected chi connectivity index (χ3v) is 4.17. The zero-order chi connectivity index (χ0) is 15.8. The van der Waals surface area contributed by atoms with Crippen molar-refractivity contribution in [2.45, 2.75) is 45.2 Å². The number of halogens is 1. The summed E-state index contributed by atoms with van der Waals surface area (Å²) in [6, 6.07) is 4.05. The van der Waals surface area contributed by atoms with Crippen molar-refractivity contribution in [2.24, 2.45) is 0 Å². The van der Waals surface area contributed by atoms with Crippen LogP contribution in [0.2, 0.25) is 0 Å². The first kappa shape index (κ1) is 16.0. The number of carbonyl (C=O) groups excluding carboxylic acids is 1. The van der Waals surface area contributed by atoms with Gasteiger partial charge in [0.15, 0.2) is 0 Å². The SMILES string of the molecule is COC(=O)c1cc(F)ccc1CB1OC(C)(C)C(C)(C)O1. The molecule has 4 nitrogen and oxygen atoms in total. The number of benzene rings is 1. The maximum atomic E-state index is 13.3. The van der Waals surface area contributed by atoms with Crippen LogP contribution in [0, 0.1) is 5.82 Å². The minimum absolute atomic E-state index is 0.201. The molecule has 0 amide bonds. The average molecular weight is 294 g/mol. The minimum Gasteiger partial charge on any atom is -0.465 e. The van der Waals surface area contributed by atoms with Gasteiger partial charge in [-0.1, -0.05) is 6.07 Å². The summed E-state index contributed by atoms with van der Waals surface area (Å²) in [5.74, 6) is -1.05. The first-order valence-electron chi connectivity index (χ1n) is 6.88. The molecule has 0 unspecified atom stereocenters. The van der Waals surface area contributed by atoms with Crippen molar-refractivity contribution in [2.75, 3.05) is 7.11 Å². The van der Waals surface area contributed by atoms with E-state index in [4.69, 9.17) is 14.0 Å². The molecule has 1 aliphatic heterocycles. The molecule has 0 aliphatic carbocycles. The van der Waals surface area contributed by atoms with Crippen LogP contribution in [-0.2, 0) is 20.4 Å². The van der Waals surface area contributed by atoms with Gasteiger partial charge in [0.05, 0.1) is 23.9 Å². The van der Waals surface area contributed by atoms with E-state index in [0.717, 1.165) is 0 Å². The molecular weight excluding hydrogens is 274 g/mol. The third-order valence-electron chi connectivity index (χ3n) is 4.17. The Balaban J connectivity index is 2.23. The molecule has 0 atom stereocenters. The van der Waals surface area contributed by atoms with Crippen LogP contribution in [0.1, 0.15) is 43.6 Å². The number of ether oxygens (including phenoxy) is 1. The number of hydrogen-bond acceptors (Lipinski definition) is 4. The third kappa shape index (κ3) is 3.11. The second-order valence-electron chi connectivity index (χ2n) is 6.18. The van der Waals surface area contributed by atoms with Gasteiger partial charge in [-0.2, -0.15) is 0 Å². The predicted octanol–water partition coefficient (Wildman–Crippen LogP) is 2.79. The summed E-state index contributed by atoms with van der Waals surface area (Å²) in [7, 11) is 0.787. The van der Waals surface area contributed by atoms with Crippen LogP contribution >= 0.6 is 0 Å². The maximum absolute atomic E-state index is 13.3. The van der Waals surface area contributed by atoms with Crippen molar-refractivity contribution < 1.29 is 23.2 Å². The highest BCUT2D eigenvalue weighted by atomic mass is 19.1. The largest absolute Gasteiger partial charge is 0.465 e. The van der Waals surface area contributed by atoms with E-state index in [1.165, 1.54) is 19.2 Å². The molecule has 114 valence electrons. The topological polar surface area (TPSA) is 44.8 Å². The second kappa shape index (κ2) is 5.42. The molecule has 21 heavy (non-hydrogen) atoms. The van der Waals surface area contributed by atoms with Gasteiger partial charge in [0, 0.05) is 6.32 Å². The Morgan fingerprint density at radius 1 is 1.24 bits per heavy atom. The molecule has 0 radical (unpaired) electrons. The highest BCUT2D eigenvalue weighted by Crippen LogP contribution is 2.37. The quantitative estimate of drug-likeness (QED) is 0.635. The molecule has 1 fully saturated rings. The normalized spacial score (nSPS) is 19.6. The average Bonchev–Trinajstić information content (AvgIpc) is 2.58. The van der Waals surface area contributed by atoms with Gasteiger partial charge in [-0.05, 0) is 45.4 Å². The van der Waals surface area contributed by atoms with E-state index in [2.05, 4.69) is 0 Å². The van der Waals surface area contributed by atoms with Gasteiger partial charge in [0.25, 0.3) is 0 Å². The van der Waals surface area contributed by atoms with Crippen LogP contribution in [-0.4, -0.2) is 31.4 Å². The van der Waals surface area contributed by atoms with Crippen molar-refractivity contribution >= 4 is 13.1 Å². The summed E-state index contributed by atoms with van der Waals surface area (Å²) in [5.41, 5.74) is -0.0411. The van der Waals surface area contributed by atoms with Gasteiger partial charge in [-0.25, -0.2) is 9.18 Å². The Bertz CT molecular complexity index is 541. The molecule has 1 aliphatic rings. The van der Waals surface area contributed by atoms with Gasteiger partial charge in [-0.15, -0.1) is 0 Å². The summed E-state index contributed by atoms with van der Waals surface area (Å²) < 4.78 is 29.8. The molecule has 1 aromatic rings. The molecule has 0 N–H and O–H groups in total. The van der Waals surface area contributed by atoms with Crippen molar-refractivity contribution in [3.8, 4) is 0 Å². The van der Waals surface area contributed by atoms with E-state index in [9.17, 15) is 9.18 Å². The summed E-state index contributed by atoms with van der Waals surface area (Å²) in [4.78, 5) is 11.7. The lowest BCUT2D eigenvalue weighted by molar-refractivity contribution is 0.00578. The zero-order valence-electron chi connectivity index (χ0n) is 13.0. The molecule has 6 heteroatoms. The summed E-state index contributed by atoms with van der Waals surface area (Å²) in [6.45, 7) is 7.83. The van der Waals surface area contributed by atoms with E-state index >= 15 is 0 Å². The van der Waals surface area contributed by atoms with Crippen molar-refractivity contribution in [3.63, 3.8) is 0 Å². The Labute approximate surface area is 124 Å². The minimum atomic E-state index is -0.569. The molecule has 1 saturated heterocycles. The number of rotatable bonds is 3. The maximum Gasteiger partial charge on any atom is 0.462 e. The zero-order valence-corrected chi connectivity index (χ0v) is 13.0. The Kier molecular flexibility index (Phi) is 4.13. The number of hydrogen-bond donors (Lipinski definition) is 0. The van der Waals surface area contributed by atoms with Crippen molar-refractivity contribution in [1.82, 2.24) is 0 Å². The fourth-order valence-electron chi connectivity index (χ4n) is 2.25. The summed E-state index contributed by atoms with van der Waals surface area (Å²) >= 11 is 0. The van der Waals surface area contributed by atoms with Crippen molar-refractivity contribution in [1.29, 1.82) is 0 Å². The monoisotopic (exact) mass is 294 g/mol. The summed E-state index contributed by atoms with van der Waals surface area (Å²) in [6.07, 6.45) is 0.359. The van der Waals surface area contributed by atoms with Gasteiger partial charge in [0.1, 0.15) is 5.82 Å². The number of methoxy groups -OCH3 is 1. The van der Waals surface area contributed by atoms with E-state index in [0.29, 0.717) is 11.9 Å². The van der Waals surface area contributed by atoms with Crippen molar-refractivity contribution in [3.05, 3.63) is 35.1 Å². The van der Waals surface area contributed by atoms with Gasteiger partial charge < -0.3 is 14.0 Å².